The number of aryl methyl sites for hydroxylation is 1. The Bertz CT molecular complexity index is 888. The summed E-state index contributed by atoms with van der Waals surface area (Å²) in [6, 6.07) is 8.99. The van der Waals surface area contributed by atoms with E-state index >= 15 is 0 Å². The molecular weight excluding hydrogens is 318 g/mol. The summed E-state index contributed by atoms with van der Waals surface area (Å²) in [5.74, 6) is 0.229. The second-order valence-electron chi connectivity index (χ2n) is 4.88. The lowest BCUT2D eigenvalue weighted by Crippen LogP contribution is -2.10. The number of methoxy groups -OCH3 is 2. The molecule has 1 aromatic carbocycles. The van der Waals surface area contributed by atoms with Crippen LogP contribution in [0.3, 0.4) is 0 Å². The van der Waals surface area contributed by atoms with Gasteiger partial charge in [-0.05, 0) is 37.3 Å². The maximum Gasteiger partial charge on any atom is 0.356 e. The van der Waals surface area contributed by atoms with Crippen molar-refractivity contribution in [1.82, 2.24) is 14.6 Å². The van der Waals surface area contributed by atoms with E-state index in [-0.39, 0.29) is 5.69 Å². The Morgan fingerprint density at radius 2 is 1.91 bits per heavy atom. The molecule has 2 aromatic heterocycles. The highest BCUT2D eigenvalue weighted by atomic mass is 35.5. The van der Waals surface area contributed by atoms with Crippen molar-refractivity contribution in [2.75, 3.05) is 14.2 Å². The first-order valence-corrected chi connectivity index (χ1v) is 7.21. The van der Waals surface area contributed by atoms with E-state index in [2.05, 4.69) is 10.1 Å². The quantitative estimate of drug-likeness (QED) is 0.690. The van der Waals surface area contributed by atoms with Crippen LogP contribution in [0.4, 0.5) is 0 Å². The highest BCUT2D eigenvalue weighted by Gasteiger charge is 2.19. The minimum absolute atomic E-state index is 0.262. The Hall–Kier alpha value is -2.60. The lowest BCUT2D eigenvalue weighted by atomic mass is 10.1. The molecule has 23 heavy (non-hydrogen) atoms. The van der Waals surface area contributed by atoms with Crippen LogP contribution in [-0.4, -0.2) is 34.8 Å². The lowest BCUT2D eigenvalue weighted by molar-refractivity contribution is 0.0590. The fourth-order valence-electron chi connectivity index (χ4n) is 2.26. The van der Waals surface area contributed by atoms with E-state index in [1.165, 1.54) is 11.6 Å². The summed E-state index contributed by atoms with van der Waals surface area (Å²) < 4.78 is 11.4. The van der Waals surface area contributed by atoms with Gasteiger partial charge in [0.2, 0.25) is 0 Å². The van der Waals surface area contributed by atoms with E-state index in [1.807, 2.05) is 24.3 Å². The number of aromatic nitrogens is 3. The smallest absolute Gasteiger partial charge is 0.356 e. The van der Waals surface area contributed by atoms with Crippen LogP contribution >= 0.6 is 11.6 Å². The largest absolute Gasteiger partial charge is 0.497 e. The molecule has 6 nitrogen and oxygen atoms in total. The van der Waals surface area contributed by atoms with Gasteiger partial charge in [0.25, 0.3) is 0 Å². The third-order valence-electron chi connectivity index (χ3n) is 3.47. The van der Waals surface area contributed by atoms with E-state index in [0.29, 0.717) is 22.1 Å². The van der Waals surface area contributed by atoms with Crippen molar-refractivity contribution in [2.24, 2.45) is 0 Å². The predicted octanol–water partition coefficient (Wildman–Crippen LogP) is 3.15. The molecule has 0 atom stereocenters. The average molecular weight is 332 g/mol. The Kier molecular flexibility index (Phi) is 3.92. The summed E-state index contributed by atoms with van der Waals surface area (Å²) >= 11 is 6.25. The summed E-state index contributed by atoms with van der Waals surface area (Å²) in [4.78, 5) is 16.6. The first-order chi connectivity index (χ1) is 11.0. The maximum atomic E-state index is 12.1. The molecule has 7 heteroatoms. The van der Waals surface area contributed by atoms with Gasteiger partial charge in [-0.1, -0.05) is 11.6 Å². The molecule has 118 valence electrons. The second-order valence-corrected chi connectivity index (χ2v) is 5.26. The Morgan fingerprint density at radius 1 is 1.22 bits per heavy atom. The van der Waals surface area contributed by atoms with Gasteiger partial charge in [0.15, 0.2) is 11.3 Å². The van der Waals surface area contributed by atoms with Crippen molar-refractivity contribution in [3.8, 4) is 17.0 Å². The van der Waals surface area contributed by atoms with Crippen LogP contribution in [0.1, 0.15) is 16.2 Å². The van der Waals surface area contributed by atoms with Crippen LogP contribution in [0.2, 0.25) is 5.02 Å². The van der Waals surface area contributed by atoms with Gasteiger partial charge in [0, 0.05) is 5.56 Å². The van der Waals surface area contributed by atoms with Crippen molar-refractivity contribution in [2.45, 2.75) is 6.92 Å². The molecule has 0 aliphatic carbocycles. The molecule has 0 unspecified atom stereocenters. The van der Waals surface area contributed by atoms with Crippen molar-refractivity contribution >= 4 is 23.2 Å². The van der Waals surface area contributed by atoms with Crippen LogP contribution in [0.15, 0.2) is 30.3 Å². The monoisotopic (exact) mass is 331 g/mol. The SMILES string of the molecule is COC(=O)c1cc(-c2ccc(OC)cc2)nc2c(Cl)c(C)nn12. The number of nitrogens with zero attached hydrogens (tertiary/aromatic N) is 3. The number of halogens is 1. The van der Waals surface area contributed by atoms with Crippen LogP contribution < -0.4 is 4.74 Å². The fraction of sp³-hybridized carbons (Fsp3) is 0.188. The molecule has 3 aromatic rings. The zero-order valence-corrected chi connectivity index (χ0v) is 13.6. The number of carbonyl (C=O) groups excluding carboxylic acids is 1. The molecule has 3 rings (SSSR count). The summed E-state index contributed by atoms with van der Waals surface area (Å²) in [5.41, 5.74) is 2.70. The maximum absolute atomic E-state index is 12.1. The van der Waals surface area contributed by atoms with Crippen molar-refractivity contribution in [3.05, 3.63) is 46.7 Å². The number of hydrogen-bond donors (Lipinski definition) is 0. The molecule has 0 radical (unpaired) electrons. The third kappa shape index (κ3) is 2.61. The summed E-state index contributed by atoms with van der Waals surface area (Å²) in [6.45, 7) is 1.76. The van der Waals surface area contributed by atoms with E-state index in [1.54, 1.807) is 20.1 Å². The van der Waals surface area contributed by atoms with Crippen molar-refractivity contribution in [1.29, 1.82) is 0 Å². The first kappa shape index (κ1) is 15.3. The lowest BCUT2D eigenvalue weighted by Gasteiger charge is -2.07. The third-order valence-corrected chi connectivity index (χ3v) is 3.92. The summed E-state index contributed by atoms with van der Waals surface area (Å²) in [6.07, 6.45) is 0. The molecule has 2 heterocycles. The molecule has 0 saturated heterocycles. The zero-order chi connectivity index (χ0) is 16.6. The topological polar surface area (TPSA) is 65.7 Å². The Morgan fingerprint density at radius 3 is 2.52 bits per heavy atom. The minimum Gasteiger partial charge on any atom is -0.497 e. The molecule has 0 amide bonds. The van der Waals surface area contributed by atoms with Crippen molar-refractivity contribution < 1.29 is 14.3 Å². The minimum atomic E-state index is -0.508. The van der Waals surface area contributed by atoms with Crippen LogP contribution in [0.5, 0.6) is 5.75 Å². The van der Waals surface area contributed by atoms with Gasteiger partial charge in [-0.2, -0.15) is 5.10 Å². The van der Waals surface area contributed by atoms with Gasteiger partial charge in [0.1, 0.15) is 10.8 Å². The van der Waals surface area contributed by atoms with Gasteiger partial charge < -0.3 is 9.47 Å². The van der Waals surface area contributed by atoms with E-state index in [9.17, 15) is 4.79 Å². The number of ether oxygens (including phenoxy) is 2. The van der Waals surface area contributed by atoms with Crippen molar-refractivity contribution in [3.63, 3.8) is 0 Å². The highest BCUT2D eigenvalue weighted by Crippen LogP contribution is 2.27. The van der Waals surface area contributed by atoms with Gasteiger partial charge in [0.05, 0.1) is 25.6 Å². The second kappa shape index (κ2) is 5.89. The average Bonchev–Trinajstić information content (AvgIpc) is 2.88. The summed E-state index contributed by atoms with van der Waals surface area (Å²) in [5, 5.41) is 4.65. The zero-order valence-electron chi connectivity index (χ0n) is 12.8. The molecular formula is C16H14ClN3O3. The first-order valence-electron chi connectivity index (χ1n) is 6.83. The number of benzene rings is 1. The number of carbonyl (C=O) groups is 1. The molecule has 0 N–H and O–H groups in total. The molecule has 0 bridgehead atoms. The van der Waals surface area contributed by atoms with Gasteiger partial charge >= 0.3 is 5.97 Å². The molecule has 0 spiro atoms. The molecule has 0 aliphatic heterocycles. The van der Waals surface area contributed by atoms with E-state index < -0.39 is 5.97 Å². The summed E-state index contributed by atoms with van der Waals surface area (Å²) in [7, 11) is 2.92. The number of fused-ring (bicyclic) bond motifs is 1. The molecule has 0 saturated carbocycles. The van der Waals surface area contributed by atoms with Crippen LogP contribution in [0.25, 0.3) is 16.9 Å². The van der Waals surface area contributed by atoms with Gasteiger partial charge in [-0.25, -0.2) is 14.3 Å². The normalized spacial score (nSPS) is 10.8. The number of esters is 1. The molecule has 0 aliphatic rings. The number of rotatable bonds is 3. The van der Waals surface area contributed by atoms with Crippen LogP contribution in [0, 0.1) is 6.92 Å². The fourth-order valence-corrected chi connectivity index (χ4v) is 2.42. The van der Waals surface area contributed by atoms with Crippen LogP contribution in [-0.2, 0) is 4.74 Å². The van der Waals surface area contributed by atoms with E-state index in [4.69, 9.17) is 21.1 Å². The van der Waals surface area contributed by atoms with Gasteiger partial charge in [-0.15, -0.1) is 0 Å². The van der Waals surface area contributed by atoms with Gasteiger partial charge in [-0.3, -0.25) is 0 Å². The number of hydrogen-bond acceptors (Lipinski definition) is 5. The van der Waals surface area contributed by atoms with E-state index in [0.717, 1.165) is 11.3 Å². The predicted molar refractivity (Wildman–Crippen MR) is 86.1 cm³/mol. The highest BCUT2D eigenvalue weighted by molar-refractivity contribution is 6.34. The Balaban J connectivity index is 2.24. The Labute approximate surface area is 137 Å². The molecule has 0 fully saturated rings. The standard InChI is InChI=1S/C16H14ClN3O3/c1-9-14(17)15-18-12(10-4-6-11(22-2)7-5-10)8-13(16(21)23-3)20(15)19-9/h4-8H,1-3H3.